The van der Waals surface area contributed by atoms with Gasteiger partial charge in [0, 0.05) is 17.3 Å². The molecule has 6 nitrogen and oxygen atoms in total. The summed E-state index contributed by atoms with van der Waals surface area (Å²) in [6.45, 7) is 5.46. The molecule has 1 aromatic carbocycles. The van der Waals surface area contributed by atoms with Crippen LogP contribution in [-0.2, 0) is 9.53 Å². The van der Waals surface area contributed by atoms with Gasteiger partial charge in [0.15, 0.2) is 0 Å². The van der Waals surface area contributed by atoms with Crippen molar-refractivity contribution in [3.05, 3.63) is 47.5 Å². The van der Waals surface area contributed by atoms with E-state index in [-0.39, 0.29) is 24.5 Å². The van der Waals surface area contributed by atoms with Crippen LogP contribution in [0.3, 0.4) is 0 Å². The molecule has 3 fully saturated rings. The summed E-state index contributed by atoms with van der Waals surface area (Å²) in [5, 5.41) is 35.0. The lowest BCUT2D eigenvalue weighted by Crippen LogP contribution is -2.75. The normalized spacial score (nSPS) is 45.4. The summed E-state index contributed by atoms with van der Waals surface area (Å²) < 4.78 is 6.15. The molecule has 1 aromatic rings. The molecule has 0 heterocycles. The Bertz CT molecular complexity index is 1030. The number of Topliss-reactive ketones (excluding diaryl/α,β-unsaturated/α-hetero) is 1. The Kier molecular flexibility index (Phi) is 5.40. The van der Waals surface area contributed by atoms with Crippen molar-refractivity contribution in [3.63, 3.8) is 0 Å². The lowest BCUT2D eigenvalue weighted by molar-refractivity contribution is -0.297. The molecule has 4 aliphatic carbocycles. The zero-order chi connectivity index (χ0) is 24.5. The molecule has 0 radical (unpaired) electrons. The number of fused-ring (bicyclic) bond motifs is 5. The number of esters is 1. The van der Waals surface area contributed by atoms with Crippen molar-refractivity contribution in [2.75, 3.05) is 0 Å². The molecular weight excluding hydrogens is 432 g/mol. The SMILES string of the molecule is CC(=O)[C@@H]1CC[C@]2(O)[C@]1(C)[C@H](OC(=O)c1ccccc1)C[C@@H]1[C@@]3(C)CC[C@H](O)CC3=CC[C@]12O. The molecule has 5 rings (SSSR count). The van der Waals surface area contributed by atoms with E-state index in [0.29, 0.717) is 37.7 Å². The molecule has 0 aliphatic heterocycles. The summed E-state index contributed by atoms with van der Waals surface area (Å²) in [7, 11) is 0. The fourth-order valence-electron chi connectivity index (χ4n) is 8.20. The molecule has 0 spiro atoms. The highest BCUT2D eigenvalue weighted by molar-refractivity contribution is 5.89. The minimum Gasteiger partial charge on any atom is -0.458 e. The van der Waals surface area contributed by atoms with E-state index in [0.717, 1.165) is 5.57 Å². The number of aliphatic hydroxyl groups is 3. The number of benzene rings is 1. The predicted octanol–water partition coefficient (Wildman–Crippen LogP) is 3.58. The van der Waals surface area contributed by atoms with Gasteiger partial charge in [-0.1, -0.05) is 43.7 Å². The highest BCUT2D eigenvalue weighted by Gasteiger charge is 2.77. The number of ether oxygens (including phenoxy) is 1. The van der Waals surface area contributed by atoms with Crippen LogP contribution < -0.4 is 0 Å². The van der Waals surface area contributed by atoms with Gasteiger partial charge < -0.3 is 20.1 Å². The van der Waals surface area contributed by atoms with E-state index in [1.54, 1.807) is 24.3 Å². The molecule has 3 N–H and O–H groups in total. The fraction of sp³-hybridized carbons (Fsp3) is 0.643. The standard InChI is InChI=1S/C28H36O6/c1-17(29)21-11-14-28(33)26(21,3)23(34-24(31)18-7-5-4-6-8-18)16-22-25(2)12-10-20(30)15-19(25)9-13-27(22,28)32/h4-9,20-23,30,32-33H,10-16H2,1-3H3/t20-,21-,22+,23+,25-,26-,27-,28-/m0/s1. The molecular formula is C28H36O6. The fourth-order valence-corrected chi connectivity index (χ4v) is 8.20. The van der Waals surface area contributed by atoms with Gasteiger partial charge in [0.05, 0.1) is 11.7 Å². The third-order valence-corrected chi connectivity index (χ3v) is 10.2. The lowest BCUT2D eigenvalue weighted by atomic mass is 9.43. The van der Waals surface area contributed by atoms with Crippen LogP contribution in [0.15, 0.2) is 42.0 Å². The zero-order valence-electron chi connectivity index (χ0n) is 20.3. The van der Waals surface area contributed by atoms with Gasteiger partial charge in [0.2, 0.25) is 0 Å². The quantitative estimate of drug-likeness (QED) is 0.463. The highest BCUT2D eigenvalue weighted by Crippen LogP contribution is 2.70. The monoisotopic (exact) mass is 468 g/mol. The minimum absolute atomic E-state index is 0.0553. The number of rotatable bonds is 3. The first-order valence-electron chi connectivity index (χ1n) is 12.6. The first kappa shape index (κ1) is 23.7. The van der Waals surface area contributed by atoms with E-state index in [1.807, 2.05) is 19.1 Å². The maximum atomic E-state index is 13.2. The van der Waals surface area contributed by atoms with Crippen molar-refractivity contribution in [3.8, 4) is 0 Å². The van der Waals surface area contributed by atoms with Crippen molar-refractivity contribution >= 4 is 11.8 Å². The van der Waals surface area contributed by atoms with E-state index in [1.165, 1.54) is 6.92 Å². The Labute approximate surface area is 201 Å². The van der Waals surface area contributed by atoms with Crippen LogP contribution in [0.1, 0.15) is 76.1 Å². The smallest absolute Gasteiger partial charge is 0.338 e. The van der Waals surface area contributed by atoms with Gasteiger partial charge >= 0.3 is 5.97 Å². The summed E-state index contributed by atoms with van der Waals surface area (Å²) in [5.74, 6) is -1.41. The van der Waals surface area contributed by atoms with Crippen LogP contribution in [0.2, 0.25) is 0 Å². The zero-order valence-corrected chi connectivity index (χ0v) is 20.3. The minimum atomic E-state index is -1.58. The Morgan fingerprint density at radius 1 is 1.06 bits per heavy atom. The average Bonchev–Trinajstić information content (AvgIpc) is 3.10. The third kappa shape index (κ3) is 2.98. The van der Waals surface area contributed by atoms with Gasteiger partial charge in [0.25, 0.3) is 0 Å². The highest BCUT2D eigenvalue weighted by atomic mass is 16.5. The topological polar surface area (TPSA) is 104 Å². The van der Waals surface area contributed by atoms with Gasteiger partial charge in [-0.2, -0.15) is 0 Å². The van der Waals surface area contributed by atoms with Crippen molar-refractivity contribution < 1.29 is 29.6 Å². The first-order valence-corrected chi connectivity index (χ1v) is 12.6. The lowest BCUT2D eigenvalue weighted by Gasteiger charge is -2.66. The van der Waals surface area contributed by atoms with Crippen molar-refractivity contribution in [1.82, 2.24) is 0 Å². The second-order valence-electron chi connectivity index (χ2n) is 11.6. The van der Waals surface area contributed by atoms with Crippen molar-refractivity contribution in [2.45, 2.75) is 89.1 Å². The van der Waals surface area contributed by atoms with Crippen LogP contribution in [0.5, 0.6) is 0 Å². The van der Waals surface area contributed by atoms with Gasteiger partial charge in [-0.3, -0.25) is 4.79 Å². The van der Waals surface area contributed by atoms with Crippen LogP contribution in [0.4, 0.5) is 0 Å². The number of aliphatic hydroxyl groups excluding tert-OH is 1. The van der Waals surface area contributed by atoms with Crippen LogP contribution in [-0.4, -0.2) is 50.5 Å². The van der Waals surface area contributed by atoms with E-state index >= 15 is 0 Å². The number of hydrogen-bond donors (Lipinski definition) is 3. The van der Waals surface area contributed by atoms with Gasteiger partial charge in [-0.15, -0.1) is 0 Å². The molecule has 6 heteroatoms. The third-order valence-electron chi connectivity index (χ3n) is 10.2. The van der Waals surface area contributed by atoms with E-state index in [9.17, 15) is 24.9 Å². The summed E-state index contributed by atoms with van der Waals surface area (Å²) in [6.07, 6.45) is 4.11. The average molecular weight is 469 g/mol. The molecule has 8 atom stereocenters. The first-order chi connectivity index (χ1) is 16.0. The largest absolute Gasteiger partial charge is 0.458 e. The number of carbonyl (C=O) groups is 2. The summed E-state index contributed by atoms with van der Waals surface area (Å²) in [5.41, 5.74) is -3.02. The Hall–Kier alpha value is -2.02. The van der Waals surface area contributed by atoms with Gasteiger partial charge in [-0.25, -0.2) is 4.79 Å². The van der Waals surface area contributed by atoms with E-state index in [4.69, 9.17) is 4.74 Å². The van der Waals surface area contributed by atoms with Crippen molar-refractivity contribution in [1.29, 1.82) is 0 Å². The summed E-state index contributed by atoms with van der Waals surface area (Å²) in [4.78, 5) is 25.9. The van der Waals surface area contributed by atoms with Crippen LogP contribution >= 0.6 is 0 Å². The molecule has 0 aromatic heterocycles. The predicted molar refractivity (Wildman–Crippen MR) is 126 cm³/mol. The second-order valence-corrected chi connectivity index (χ2v) is 11.6. The van der Waals surface area contributed by atoms with Crippen LogP contribution in [0, 0.1) is 22.7 Å². The Morgan fingerprint density at radius 2 is 1.76 bits per heavy atom. The number of ketones is 1. The number of carbonyl (C=O) groups excluding carboxylic acids is 2. The van der Waals surface area contributed by atoms with Gasteiger partial charge in [0.1, 0.15) is 23.1 Å². The van der Waals surface area contributed by atoms with Crippen LogP contribution in [0.25, 0.3) is 0 Å². The molecule has 34 heavy (non-hydrogen) atoms. The second kappa shape index (κ2) is 7.74. The van der Waals surface area contributed by atoms with E-state index < -0.39 is 46.1 Å². The maximum Gasteiger partial charge on any atom is 0.338 e. The van der Waals surface area contributed by atoms with Gasteiger partial charge in [-0.05, 0) is 69.4 Å². The Balaban J connectivity index is 1.61. The molecule has 0 bridgehead atoms. The summed E-state index contributed by atoms with van der Waals surface area (Å²) in [6, 6.07) is 8.76. The van der Waals surface area contributed by atoms with Crippen molar-refractivity contribution in [2.24, 2.45) is 22.7 Å². The maximum absolute atomic E-state index is 13.2. The van der Waals surface area contributed by atoms with E-state index in [2.05, 4.69) is 6.92 Å². The number of hydrogen-bond acceptors (Lipinski definition) is 6. The molecule has 0 unspecified atom stereocenters. The molecule has 3 saturated carbocycles. The molecule has 184 valence electrons. The molecule has 0 amide bonds. The summed E-state index contributed by atoms with van der Waals surface area (Å²) >= 11 is 0. The molecule has 0 saturated heterocycles. The molecule has 4 aliphatic rings. The Morgan fingerprint density at radius 3 is 2.44 bits per heavy atom.